The molecule has 1 heterocycles. The van der Waals surface area contributed by atoms with Crippen molar-refractivity contribution in [2.24, 2.45) is 5.92 Å². The minimum Gasteiger partial charge on any atom is -0.322 e. The second-order valence-corrected chi connectivity index (χ2v) is 6.29. The number of halogens is 2. The van der Waals surface area contributed by atoms with E-state index < -0.39 is 5.82 Å². The van der Waals surface area contributed by atoms with Crippen LogP contribution in [0.5, 0.6) is 0 Å². The highest BCUT2D eigenvalue weighted by atomic mass is 35.5. The van der Waals surface area contributed by atoms with Gasteiger partial charge in [0.15, 0.2) is 5.82 Å². The summed E-state index contributed by atoms with van der Waals surface area (Å²) in [6.45, 7) is 7.24. The lowest BCUT2D eigenvalue weighted by atomic mass is 10.0. The maximum absolute atomic E-state index is 14.7. The predicted molar refractivity (Wildman–Crippen MR) is 91.6 cm³/mol. The van der Waals surface area contributed by atoms with Gasteiger partial charge in [-0.05, 0) is 24.8 Å². The number of rotatable bonds is 5. The van der Waals surface area contributed by atoms with Gasteiger partial charge in [0.1, 0.15) is 0 Å². The smallest absolute Gasteiger partial charge is 0.241 e. The fourth-order valence-electron chi connectivity index (χ4n) is 3.03. The highest BCUT2D eigenvalue weighted by molar-refractivity contribution is 6.34. The van der Waals surface area contributed by atoms with Gasteiger partial charge >= 0.3 is 0 Å². The molecule has 0 aromatic heterocycles. The van der Waals surface area contributed by atoms with Gasteiger partial charge in [0, 0.05) is 22.2 Å². The second-order valence-electron chi connectivity index (χ2n) is 5.88. The number of carbonyl (C=O) groups is 1. The van der Waals surface area contributed by atoms with E-state index in [0.717, 1.165) is 12.8 Å². The van der Waals surface area contributed by atoms with E-state index in [1.807, 2.05) is 0 Å². The maximum atomic E-state index is 14.7. The topological polar surface area (TPSA) is 41.1 Å². The molecule has 0 spiro atoms. The lowest BCUT2D eigenvalue weighted by Crippen LogP contribution is -2.38. The van der Waals surface area contributed by atoms with E-state index in [-0.39, 0.29) is 23.2 Å². The van der Waals surface area contributed by atoms with E-state index in [1.165, 1.54) is 18.2 Å². The van der Waals surface area contributed by atoms with Crippen LogP contribution in [0.2, 0.25) is 0 Å². The largest absolute Gasteiger partial charge is 0.322 e. The molecule has 1 amide bonds. The average molecular weight is 333 g/mol. The Labute approximate surface area is 139 Å². The number of carbonyl (C=O) groups excluding carboxylic acids is 1. The molecule has 1 aromatic rings. The van der Waals surface area contributed by atoms with Gasteiger partial charge in [-0.3, -0.25) is 4.79 Å². The molecule has 3 nitrogen and oxygen atoms in total. The molecule has 1 saturated carbocycles. The fourth-order valence-corrected chi connectivity index (χ4v) is 3.21. The van der Waals surface area contributed by atoms with Crippen LogP contribution in [0.15, 0.2) is 48.5 Å². The Kier molecular flexibility index (Phi) is 4.37. The van der Waals surface area contributed by atoms with Crippen molar-refractivity contribution in [3.63, 3.8) is 0 Å². The molecule has 3 atom stereocenters. The lowest BCUT2D eigenvalue weighted by Gasteiger charge is -2.15. The molecule has 1 unspecified atom stereocenters. The van der Waals surface area contributed by atoms with Gasteiger partial charge in [-0.1, -0.05) is 49.0 Å². The summed E-state index contributed by atoms with van der Waals surface area (Å²) >= 11 is 6.05. The van der Waals surface area contributed by atoms with Gasteiger partial charge in [0.25, 0.3) is 0 Å². The number of nitrogens with one attached hydrogen (secondary N) is 2. The maximum Gasteiger partial charge on any atom is 0.241 e. The van der Waals surface area contributed by atoms with Crippen molar-refractivity contribution in [1.29, 1.82) is 0 Å². The zero-order valence-electron chi connectivity index (χ0n) is 12.6. The summed E-state index contributed by atoms with van der Waals surface area (Å²) in [5.41, 5.74) is 0.864. The number of fused-ring (bicyclic) bond motifs is 1. The Morgan fingerprint density at radius 2 is 2.13 bits per heavy atom. The summed E-state index contributed by atoms with van der Waals surface area (Å²) in [6, 6.07) is 5.02. The molecule has 1 aliphatic carbocycles. The third-order valence-electron chi connectivity index (χ3n) is 4.38. The van der Waals surface area contributed by atoms with Crippen molar-refractivity contribution in [1.82, 2.24) is 5.32 Å². The first-order valence-corrected chi connectivity index (χ1v) is 7.93. The number of hydrogen-bond donors (Lipinski definition) is 2. The first-order valence-electron chi connectivity index (χ1n) is 7.55. The van der Waals surface area contributed by atoms with E-state index in [9.17, 15) is 9.18 Å². The Hall–Kier alpha value is -1.91. The summed E-state index contributed by atoms with van der Waals surface area (Å²) in [5, 5.41) is 6.22. The molecule has 2 N–H and O–H groups in total. The molecule has 2 fully saturated rings. The Morgan fingerprint density at radius 3 is 2.74 bits per heavy atom. The van der Waals surface area contributed by atoms with Gasteiger partial charge in [0.05, 0.1) is 11.7 Å². The van der Waals surface area contributed by atoms with Gasteiger partial charge in [0.2, 0.25) is 5.91 Å². The van der Waals surface area contributed by atoms with Crippen LogP contribution < -0.4 is 10.6 Å². The second kappa shape index (κ2) is 6.30. The number of amides is 1. The number of benzene rings is 1. The molecule has 0 bridgehead atoms. The number of piperidine rings is 1. The molecule has 2 aliphatic rings. The van der Waals surface area contributed by atoms with Gasteiger partial charge in [-0.15, -0.1) is 0 Å². The van der Waals surface area contributed by atoms with Crippen LogP contribution in [0.1, 0.15) is 18.4 Å². The van der Waals surface area contributed by atoms with Crippen LogP contribution in [0.25, 0.3) is 5.57 Å². The highest BCUT2D eigenvalue weighted by Gasteiger charge is 2.47. The van der Waals surface area contributed by atoms with Crippen LogP contribution in [-0.2, 0) is 4.79 Å². The van der Waals surface area contributed by atoms with Crippen molar-refractivity contribution >= 4 is 28.8 Å². The lowest BCUT2D eigenvalue weighted by molar-refractivity contribution is -0.118. The standard InChI is InChI=1S/C18H18ClFN2O/c1-3-11(13(19)4-2)12-6-5-7-14(17(12)20)22-18(23)16-9-10-8-15(10)21-16/h3-7,10,15-16,21H,1-2,8-9H2,(H,22,23)/b13-11-/t10?,15-,16+/m1/s1. The summed E-state index contributed by atoms with van der Waals surface area (Å²) in [6.07, 6.45) is 4.86. The molecule has 1 saturated heterocycles. The molecule has 0 radical (unpaired) electrons. The van der Waals surface area contributed by atoms with E-state index >= 15 is 0 Å². The van der Waals surface area contributed by atoms with E-state index in [1.54, 1.807) is 12.1 Å². The molecule has 23 heavy (non-hydrogen) atoms. The van der Waals surface area contributed by atoms with Gasteiger partial charge in [-0.2, -0.15) is 0 Å². The van der Waals surface area contributed by atoms with E-state index in [0.29, 0.717) is 22.6 Å². The minimum atomic E-state index is -0.529. The summed E-state index contributed by atoms with van der Waals surface area (Å²) < 4.78 is 14.7. The van der Waals surface area contributed by atoms with E-state index in [2.05, 4.69) is 23.8 Å². The minimum absolute atomic E-state index is 0.141. The van der Waals surface area contributed by atoms with Crippen LogP contribution >= 0.6 is 11.6 Å². The highest BCUT2D eigenvalue weighted by Crippen LogP contribution is 2.41. The summed E-state index contributed by atoms with van der Waals surface area (Å²) in [7, 11) is 0. The first kappa shape index (κ1) is 16.0. The van der Waals surface area contributed by atoms with Gasteiger partial charge < -0.3 is 10.6 Å². The molecule has 3 rings (SSSR count). The predicted octanol–water partition coefficient (Wildman–Crippen LogP) is 3.84. The molecule has 1 aliphatic heterocycles. The monoisotopic (exact) mass is 332 g/mol. The number of allylic oxidation sites excluding steroid dienone is 4. The average Bonchev–Trinajstić information content (AvgIpc) is 3.16. The van der Waals surface area contributed by atoms with Crippen LogP contribution in [0.4, 0.5) is 10.1 Å². The van der Waals surface area contributed by atoms with E-state index in [4.69, 9.17) is 11.6 Å². The van der Waals surface area contributed by atoms with Crippen LogP contribution in [-0.4, -0.2) is 18.0 Å². The van der Waals surface area contributed by atoms with Crippen molar-refractivity contribution in [3.05, 3.63) is 59.9 Å². The molecule has 1 aromatic carbocycles. The zero-order chi connectivity index (χ0) is 16.6. The number of anilines is 1. The first-order chi connectivity index (χ1) is 11.0. The Morgan fingerprint density at radius 1 is 1.35 bits per heavy atom. The van der Waals surface area contributed by atoms with Crippen molar-refractivity contribution in [2.75, 3.05) is 5.32 Å². The van der Waals surface area contributed by atoms with Gasteiger partial charge in [-0.25, -0.2) is 4.39 Å². The Balaban J connectivity index is 1.83. The molecular weight excluding hydrogens is 315 g/mol. The van der Waals surface area contributed by atoms with Crippen molar-refractivity contribution < 1.29 is 9.18 Å². The quantitative estimate of drug-likeness (QED) is 0.804. The molecule has 5 heteroatoms. The summed E-state index contributed by atoms with van der Waals surface area (Å²) in [5.74, 6) is -0.130. The SMILES string of the molecule is C=C/C(Cl)=C(\C=C)c1cccc(NC(=O)[C@@H]2CC3C[C@H]3N2)c1F. The Bertz CT molecular complexity index is 703. The number of hydrogen-bond acceptors (Lipinski definition) is 2. The molecule has 120 valence electrons. The van der Waals surface area contributed by atoms with Crippen molar-refractivity contribution in [2.45, 2.75) is 24.9 Å². The normalized spacial score (nSPS) is 26.1. The molecular formula is C18H18ClFN2O. The third-order valence-corrected chi connectivity index (χ3v) is 4.74. The van der Waals surface area contributed by atoms with Crippen LogP contribution in [0, 0.1) is 11.7 Å². The zero-order valence-corrected chi connectivity index (χ0v) is 13.4. The summed E-state index contributed by atoms with van der Waals surface area (Å²) in [4.78, 5) is 12.3. The van der Waals surface area contributed by atoms with Crippen molar-refractivity contribution in [3.8, 4) is 0 Å². The van der Waals surface area contributed by atoms with Crippen LogP contribution in [0.3, 0.4) is 0 Å². The fraction of sp³-hybridized carbons (Fsp3) is 0.278. The third kappa shape index (κ3) is 3.09.